The molecule has 2 aliphatic heterocycles. The Morgan fingerprint density at radius 3 is 2.44 bits per heavy atom. The van der Waals surface area contributed by atoms with Gasteiger partial charge in [0.15, 0.2) is 12.1 Å². The first kappa shape index (κ1) is 30.5. The summed E-state index contributed by atoms with van der Waals surface area (Å²) in [5, 5.41) is 30.7. The summed E-state index contributed by atoms with van der Waals surface area (Å²) in [4.78, 5) is 27.0. The summed E-state index contributed by atoms with van der Waals surface area (Å²) in [5.41, 5.74) is 0.884. The number of carbonyl (C=O) groups is 2. The highest BCUT2D eigenvalue weighted by Crippen LogP contribution is 2.87. The van der Waals surface area contributed by atoms with E-state index in [2.05, 4.69) is 40.7 Å². The Morgan fingerprint density at radius 1 is 1.07 bits per heavy atom. The molecule has 0 aromatic heterocycles. The van der Waals surface area contributed by atoms with Crippen molar-refractivity contribution in [3.63, 3.8) is 0 Å². The van der Waals surface area contributed by atoms with E-state index in [9.17, 15) is 24.9 Å². The fourth-order valence-corrected chi connectivity index (χ4v) is 11.9. The van der Waals surface area contributed by atoms with Crippen LogP contribution in [0.5, 0.6) is 0 Å². The van der Waals surface area contributed by atoms with E-state index in [1.807, 2.05) is 13.8 Å². The number of ether oxygens (including phenoxy) is 3. The van der Waals surface area contributed by atoms with Gasteiger partial charge in [-0.2, -0.15) is 0 Å². The monoisotopic (exact) mass is 600 g/mol. The quantitative estimate of drug-likeness (QED) is 0.307. The second kappa shape index (κ2) is 9.22. The largest absolute Gasteiger partial charge is 0.388 e. The molecule has 4 saturated carbocycles. The van der Waals surface area contributed by atoms with Gasteiger partial charge in [0, 0.05) is 24.2 Å². The zero-order valence-corrected chi connectivity index (χ0v) is 27.0. The van der Waals surface area contributed by atoms with Crippen molar-refractivity contribution in [1.82, 2.24) is 0 Å². The number of epoxide rings is 1. The minimum atomic E-state index is -1.29. The minimum absolute atomic E-state index is 0.00511. The number of hydrogen-bond acceptors (Lipinski definition) is 8. The number of ketones is 2. The van der Waals surface area contributed by atoms with E-state index in [1.165, 1.54) is 5.57 Å². The SMILES string of the molecule is C[C@H](CC(=O)C1OC1(C)C)C1C(=O)C[C@@]2(C)C3=CCC4C(C)(C)[C@@H](OC5OC[C@H](O)[C@H](O)[C@@H]5O)CC[C@@]45CC35CC[C@]12C. The van der Waals surface area contributed by atoms with Gasteiger partial charge < -0.3 is 29.5 Å². The van der Waals surface area contributed by atoms with Crippen molar-refractivity contribution in [2.24, 2.45) is 44.8 Å². The Kier molecular flexibility index (Phi) is 6.54. The molecule has 2 saturated heterocycles. The lowest BCUT2D eigenvalue weighted by Crippen LogP contribution is -2.58. The second-order valence-electron chi connectivity index (χ2n) is 17.2. The molecule has 5 unspecified atom stereocenters. The number of hydrogen-bond donors (Lipinski definition) is 3. The van der Waals surface area contributed by atoms with Gasteiger partial charge in [0.05, 0.1) is 18.3 Å². The van der Waals surface area contributed by atoms with Gasteiger partial charge in [-0.05, 0) is 85.9 Å². The molecule has 2 spiro atoms. The van der Waals surface area contributed by atoms with E-state index in [0.717, 1.165) is 38.5 Å². The lowest BCUT2D eigenvalue weighted by atomic mass is 9.45. The Labute approximate surface area is 255 Å². The fraction of sp³-hybridized carbons (Fsp3) is 0.886. The molecule has 0 aromatic rings. The molecular formula is C35H52O8. The van der Waals surface area contributed by atoms with Crippen molar-refractivity contribution in [2.75, 3.05) is 6.61 Å². The van der Waals surface area contributed by atoms with Crippen molar-refractivity contribution < 1.29 is 39.1 Å². The Morgan fingerprint density at radius 2 is 1.77 bits per heavy atom. The van der Waals surface area contributed by atoms with Gasteiger partial charge >= 0.3 is 0 Å². The van der Waals surface area contributed by atoms with E-state index in [1.54, 1.807) is 0 Å². The third kappa shape index (κ3) is 3.89. The zero-order valence-electron chi connectivity index (χ0n) is 27.0. The van der Waals surface area contributed by atoms with Crippen LogP contribution < -0.4 is 0 Å². The van der Waals surface area contributed by atoms with Crippen LogP contribution in [0.3, 0.4) is 0 Å². The molecule has 240 valence electrons. The molecular weight excluding hydrogens is 548 g/mol. The standard InChI is InChI=1S/C35H52O8/c1-18(14-19(36)28-31(4,5)43-28)25-20(37)15-33(7)23-9-8-22-30(2,3)24(42-29-27(40)26(39)21(38)16-41-29)10-11-34(22)17-35(23,34)13-12-32(25,33)6/h9,18,21-22,24-29,38-40H,8,10-17H2,1-7H3/t18-,21+,22?,24+,25?,26+,27+,28?,29?,32-,33+,34-,35?/m1/s1. The third-order valence-corrected chi connectivity index (χ3v) is 14.4. The summed E-state index contributed by atoms with van der Waals surface area (Å²) in [5.74, 6) is 0.735. The van der Waals surface area contributed by atoms with E-state index >= 15 is 0 Å². The molecule has 0 radical (unpaired) electrons. The Balaban J connectivity index is 1.13. The molecule has 0 bridgehead atoms. The lowest BCUT2D eigenvalue weighted by molar-refractivity contribution is -0.300. The average Bonchev–Trinajstić information content (AvgIpc) is 3.76. The van der Waals surface area contributed by atoms with Crippen molar-refractivity contribution in [3.05, 3.63) is 11.6 Å². The first-order valence-electron chi connectivity index (χ1n) is 16.7. The van der Waals surface area contributed by atoms with Crippen LogP contribution in [0.25, 0.3) is 0 Å². The smallest absolute Gasteiger partial charge is 0.186 e. The number of rotatable bonds is 6. The van der Waals surface area contributed by atoms with Crippen LogP contribution in [0.15, 0.2) is 11.6 Å². The van der Waals surface area contributed by atoms with Crippen molar-refractivity contribution in [2.45, 2.75) is 142 Å². The highest BCUT2D eigenvalue weighted by molar-refractivity contribution is 5.90. The number of allylic oxidation sites excluding steroid dienone is 2. The van der Waals surface area contributed by atoms with E-state index in [4.69, 9.17) is 14.2 Å². The molecule has 0 amide bonds. The predicted octanol–water partition coefficient (Wildman–Crippen LogP) is 4.12. The normalized spacial score (nSPS) is 53.1. The van der Waals surface area contributed by atoms with Gasteiger partial charge in [0.25, 0.3) is 0 Å². The molecule has 43 heavy (non-hydrogen) atoms. The number of carbonyl (C=O) groups excluding carboxylic acids is 2. The average molecular weight is 601 g/mol. The molecule has 7 aliphatic rings. The van der Waals surface area contributed by atoms with Crippen LogP contribution in [-0.2, 0) is 23.8 Å². The van der Waals surface area contributed by atoms with Crippen molar-refractivity contribution in [3.8, 4) is 0 Å². The Bertz CT molecular complexity index is 1260. The van der Waals surface area contributed by atoms with Crippen LogP contribution in [0.1, 0.15) is 99.8 Å². The molecule has 8 heteroatoms. The van der Waals surface area contributed by atoms with Gasteiger partial charge in [-0.15, -0.1) is 0 Å². The molecule has 13 atom stereocenters. The molecule has 3 N–H and O–H groups in total. The van der Waals surface area contributed by atoms with E-state index < -0.39 is 24.6 Å². The molecule has 2 heterocycles. The van der Waals surface area contributed by atoms with Gasteiger partial charge in [0.1, 0.15) is 30.2 Å². The number of Topliss-reactive ketones (excluding diaryl/α,β-unsaturated/α-hetero) is 2. The van der Waals surface area contributed by atoms with Crippen LogP contribution in [0.2, 0.25) is 0 Å². The van der Waals surface area contributed by atoms with Gasteiger partial charge in [-0.25, -0.2) is 0 Å². The fourth-order valence-electron chi connectivity index (χ4n) is 11.9. The van der Waals surface area contributed by atoms with E-state index in [-0.39, 0.29) is 69.1 Å². The van der Waals surface area contributed by atoms with E-state index in [0.29, 0.717) is 24.5 Å². The van der Waals surface area contributed by atoms with Gasteiger partial charge in [-0.3, -0.25) is 9.59 Å². The Hall–Kier alpha value is -1.16. The summed E-state index contributed by atoms with van der Waals surface area (Å²) < 4.78 is 17.7. The van der Waals surface area contributed by atoms with Crippen LogP contribution >= 0.6 is 0 Å². The third-order valence-electron chi connectivity index (χ3n) is 14.4. The minimum Gasteiger partial charge on any atom is -0.388 e. The molecule has 0 aromatic carbocycles. The highest BCUT2D eigenvalue weighted by atomic mass is 16.7. The first-order valence-corrected chi connectivity index (χ1v) is 16.7. The van der Waals surface area contributed by atoms with Crippen LogP contribution in [0.4, 0.5) is 0 Å². The topological polar surface area (TPSA) is 126 Å². The molecule has 8 nitrogen and oxygen atoms in total. The van der Waals surface area contributed by atoms with Gasteiger partial charge in [0.2, 0.25) is 0 Å². The number of aliphatic hydroxyl groups is 3. The molecule has 5 aliphatic carbocycles. The number of aliphatic hydroxyl groups excluding tert-OH is 3. The summed E-state index contributed by atoms with van der Waals surface area (Å²) in [6, 6.07) is 0. The summed E-state index contributed by atoms with van der Waals surface area (Å²) in [7, 11) is 0. The maximum atomic E-state index is 13.9. The van der Waals surface area contributed by atoms with Crippen molar-refractivity contribution in [1.29, 1.82) is 0 Å². The summed E-state index contributed by atoms with van der Waals surface area (Å²) in [6.07, 6.45) is 4.39. The number of fused-ring (bicyclic) bond motifs is 2. The van der Waals surface area contributed by atoms with Crippen LogP contribution in [0, 0.1) is 44.8 Å². The maximum absolute atomic E-state index is 13.9. The second-order valence-corrected chi connectivity index (χ2v) is 17.2. The van der Waals surface area contributed by atoms with Crippen molar-refractivity contribution >= 4 is 11.6 Å². The lowest BCUT2D eigenvalue weighted by Gasteiger charge is -2.60. The van der Waals surface area contributed by atoms with Crippen LogP contribution in [-0.4, -0.2) is 75.9 Å². The molecule has 7 rings (SSSR count). The zero-order chi connectivity index (χ0) is 31.1. The summed E-state index contributed by atoms with van der Waals surface area (Å²) in [6.45, 7) is 15.2. The first-order chi connectivity index (χ1) is 20.0. The molecule has 6 fully saturated rings. The van der Waals surface area contributed by atoms with Gasteiger partial charge in [-0.1, -0.05) is 46.3 Å². The highest BCUT2D eigenvalue weighted by Gasteiger charge is 2.81. The predicted molar refractivity (Wildman–Crippen MR) is 158 cm³/mol. The maximum Gasteiger partial charge on any atom is 0.186 e. The summed E-state index contributed by atoms with van der Waals surface area (Å²) >= 11 is 0.